The molecule has 0 radical (unpaired) electrons. The van der Waals surface area contributed by atoms with Crippen LogP contribution in [0.25, 0.3) is 0 Å². The molecule has 0 heterocycles. The first-order valence-corrected chi connectivity index (χ1v) is 6.56. The molecule has 2 rings (SSSR count). The molecule has 2 aromatic rings. The summed E-state index contributed by atoms with van der Waals surface area (Å²) in [5.74, 6) is 2.23. The van der Waals surface area contributed by atoms with Gasteiger partial charge in [0.1, 0.15) is 24.7 Å². The molecule has 0 aliphatic rings. The Morgan fingerprint density at radius 2 is 1.55 bits per heavy atom. The zero-order valence-corrected chi connectivity index (χ0v) is 11.4. The number of aromatic hydroxyl groups is 1. The van der Waals surface area contributed by atoms with Crippen molar-refractivity contribution in [2.75, 3.05) is 19.8 Å². The van der Waals surface area contributed by atoms with Crippen LogP contribution in [0.5, 0.6) is 23.0 Å². The van der Waals surface area contributed by atoms with Gasteiger partial charge in [0.25, 0.3) is 0 Å². The second kappa shape index (κ2) is 7.28. The maximum Gasteiger partial charge on any atom is 0.161 e. The third kappa shape index (κ3) is 4.09. The third-order valence-corrected chi connectivity index (χ3v) is 2.58. The van der Waals surface area contributed by atoms with Crippen molar-refractivity contribution >= 4 is 0 Å². The van der Waals surface area contributed by atoms with E-state index in [0.717, 1.165) is 5.75 Å². The molecule has 0 aliphatic heterocycles. The molecule has 106 valence electrons. The van der Waals surface area contributed by atoms with Crippen LogP contribution < -0.4 is 14.2 Å². The van der Waals surface area contributed by atoms with E-state index in [1.54, 1.807) is 24.3 Å². The van der Waals surface area contributed by atoms with Crippen molar-refractivity contribution in [2.24, 2.45) is 0 Å². The Morgan fingerprint density at radius 1 is 0.850 bits per heavy atom. The summed E-state index contributed by atoms with van der Waals surface area (Å²) in [6.45, 7) is 3.32. The Bertz CT molecular complexity index is 540. The average molecular weight is 274 g/mol. The van der Waals surface area contributed by atoms with E-state index in [4.69, 9.17) is 14.2 Å². The maximum absolute atomic E-state index is 9.32. The van der Waals surface area contributed by atoms with Crippen molar-refractivity contribution in [1.29, 1.82) is 0 Å². The van der Waals surface area contributed by atoms with Crippen molar-refractivity contribution in [3.63, 3.8) is 0 Å². The Hall–Kier alpha value is -2.36. The summed E-state index contributed by atoms with van der Waals surface area (Å²) in [7, 11) is 0. The van der Waals surface area contributed by atoms with E-state index in [2.05, 4.69) is 0 Å². The van der Waals surface area contributed by atoms with Gasteiger partial charge in [-0.25, -0.2) is 0 Å². The summed E-state index contributed by atoms with van der Waals surface area (Å²) < 4.78 is 16.6. The fourth-order valence-electron chi connectivity index (χ4n) is 1.73. The first-order valence-electron chi connectivity index (χ1n) is 6.56. The Balaban J connectivity index is 1.81. The van der Waals surface area contributed by atoms with Gasteiger partial charge in [0.05, 0.1) is 6.61 Å². The van der Waals surface area contributed by atoms with Crippen LogP contribution in [0.15, 0.2) is 48.5 Å². The highest BCUT2D eigenvalue weighted by atomic mass is 16.5. The lowest BCUT2D eigenvalue weighted by Crippen LogP contribution is -2.09. The highest BCUT2D eigenvalue weighted by molar-refractivity contribution is 5.39. The van der Waals surface area contributed by atoms with Gasteiger partial charge in [-0.1, -0.05) is 18.2 Å². The van der Waals surface area contributed by atoms with Gasteiger partial charge in [0.2, 0.25) is 0 Å². The third-order valence-electron chi connectivity index (χ3n) is 2.58. The van der Waals surface area contributed by atoms with Crippen LogP contribution in [0.3, 0.4) is 0 Å². The molecular formula is C16H18O4. The summed E-state index contributed by atoms with van der Waals surface area (Å²) >= 11 is 0. The molecule has 0 amide bonds. The van der Waals surface area contributed by atoms with Crippen molar-refractivity contribution in [2.45, 2.75) is 6.92 Å². The molecule has 4 heteroatoms. The van der Waals surface area contributed by atoms with Gasteiger partial charge < -0.3 is 19.3 Å². The predicted octanol–water partition coefficient (Wildman–Crippen LogP) is 3.25. The zero-order valence-electron chi connectivity index (χ0n) is 11.4. The van der Waals surface area contributed by atoms with Crippen LogP contribution in [-0.2, 0) is 0 Å². The number of para-hydroxylation sites is 2. The Morgan fingerprint density at radius 3 is 2.25 bits per heavy atom. The van der Waals surface area contributed by atoms with E-state index in [-0.39, 0.29) is 5.75 Å². The number of phenols is 1. The van der Waals surface area contributed by atoms with Crippen molar-refractivity contribution in [3.05, 3.63) is 48.5 Å². The molecule has 0 saturated carbocycles. The lowest BCUT2D eigenvalue weighted by Gasteiger charge is -2.12. The van der Waals surface area contributed by atoms with Crippen LogP contribution in [0.2, 0.25) is 0 Å². The minimum absolute atomic E-state index is 0.185. The molecule has 0 spiro atoms. The normalized spacial score (nSPS) is 10.1. The maximum atomic E-state index is 9.32. The van der Waals surface area contributed by atoms with Gasteiger partial charge in [-0.3, -0.25) is 0 Å². The molecule has 2 aromatic carbocycles. The van der Waals surface area contributed by atoms with E-state index < -0.39 is 0 Å². The molecule has 0 bridgehead atoms. The second-order valence-corrected chi connectivity index (χ2v) is 4.07. The van der Waals surface area contributed by atoms with E-state index >= 15 is 0 Å². The molecule has 0 atom stereocenters. The minimum Gasteiger partial charge on any atom is -0.508 e. The van der Waals surface area contributed by atoms with Crippen molar-refractivity contribution in [1.82, 2.24) is 0 Å². The number of ether oxygens (including phenoxy) is 3. The first kappa shape index (κ1) is 14.1. The lowest BCUT2D eigenvalue weighted by molar-refractivity contribution is 0.208. The van der Waals surface area contributed by atoms with Gasteiger partial charge in [0, 0.05) is 6.07 Å². The Labute approximate surface area is 118 Å². The van der Waals surface area contributed by atoms with Crippen molar-refractivity contribution < 1.29 is 19.3 Å². The zero-order chi connectivity index (χ0) is 14.2. The van der Waals surface area contributed by atoms with Gasteiger partial charge in [0.15, 0.2) is 11.5 Å². The molecule has 4 nitrogen and oxygen atoms in total. The standard InChI is InChI=1S/C16H18O4/c1-2-18-15-8-3-4-9-16(15)20-11-10-19-14-7-5-6-13(17)12-14/h3-9,12,17H,2,10-11H2,1H3. The quantitative estimate of drug-likeness (QED) is 0.787. The summed E-state index contributed by atoms with van der Waals surface area (Å²) in [4.78, 5) is 0. The highest BCUT2D eigenvalue weighted by Crippen LogP contribution is 2.26. The van der Waals surface area contributed by atoms with Gasteiger partial charge in [-0.05, 0) is 31.2 Å². The SMILES string of the molecule is CCOc1ccccc1OCCOc1cccc(O)c1. The fraction of sp³-hybridized carbons (Fsp3) is 0.250. The first-order chi connectivity index (χ1) is 9.79. The summed E-state index contributed by atoms with van der Waals surface area (Å²) in [6.07, 6.45) is 0. The number of hydrogen-bond acceptors (Lipinski definition) is 4. The number of benzene rings is 2. The smallest absolute Gasteiger partial charge is 0.161 e. The van der Waals surface area contributed by atoms with Crippen LogP contribution in [-0.4, -0.2) is 24.9 Å². The summed E-state index contributed by atoms with van der Waals surface area (Å²) in [5.41, 5.74) is 0. The molecule has 0 unspecified atom stereocenters. The molecular weight excluding hydrogens is 256 g/mol. The molecule has 0 saturated heterocycles. The van der Waals surface area contributed by atoms with E-state index in [0.29, 0.717) is 31.3 Å². The monoisotopic (exact) mass is 274 g/mol. The van der Waals surface area contributed by atoms with Crippen LogP contribution >= 0.6 is 0 Å². The Kier molecular flexibility index (Phi) is 5.12. The van der Waals surface area contributed by atoms with E-state index in [1.807, 2.05) is 31.2 Å². The summed E-state index contributed by atoms with van der Waals surface area (Å²) in [5, 5.41) is 9.32. The number of hydrogen-bond donors (Lipinski definition) is 1. The molecule has 20 heavy (non-hydrogen) atoms. The van der Waals surface area contributed by atoms with Gasteiger partial charge in [-0.15, -0.1) is 0 Å². The fourth-order valence-corrected chi connectivity index (χ4v) is 1.73. The highest BCUT2D eigenvalue weighted by Gasteiger charge is 2.03. The lowest BCUT2D eigenvalue weighted by atomic mass is 10.3. The average Bonchev–Trinajstić information content (AvgIpc) is 2.46. The minimum atomic E-state index is 0.185. The predicted molar refractivity (Wildman–Crippen MR) is 76.7 cm³/mol. The van der Waals surface area contributed by atoms with E-state index in [9.17, 15) is 5.11 Å². The van der Waals surface area contributed by atoms with Crippen LogP contribution in [0, 0.1) is 0 Å². The van der Waals surface area contributed by atoms with Gasteiger partial charge in [-0.2, -0.15) is 0 Å². The number of phenolic OH excluding ortho intramolecular Hbond substituents is 1. The van der Waals surface area contributed by atoms with Crippen LogP contribution in [0.4, 0.5) is 0 Å². The molecule has 0 aromatic heterocycles. The van der Waals surface area contributed by atoms with Crippen LogP contribution in [0.1, 0.15) is 6.92 Å². The summed E-state index contributed by atoms with van der Waals surface area (Å²) in [6, 6.07) is 14.2. The molecule has 0 fully saturated rings. The van der Waals surface area contributed by atoms with E-state index in [1.165, 1.54) is 0 Å². The van der Waals surface area contributed by atoms with Crippen molar-refractivity contribution in [3.8, 4) is 23.0 Å². The molecule has 0 aliphatic carbocycles. The second-order valence-electron chi connectivity index (χ2n) is 4.07. The topological polar surface area (TPSA) is 47.9 Å². The molecule has 1 N–H and O–H groups in total. The largest absolute Gasteiger partial charge is 0.508 e. The number of rotatable bonds is 7. The van der Waals surface area contributed by atoms with Gasteiger partial charge >= 0.3 is 0 Å².